The molecule has 0 radical (unpaired) electrons. The normalized spacial score (nSPS) is 12.0. The molecular formula is C20H21FN4O. The van der Waals surface area contributed by atoms with Crippen LogP contribution in [0.5, 0.6) is 5.75 Å². The summed E-state index contributed by atoms with van der Waals surface area (Å²) in [6, 6.07) is 13.1. The molecule has 2 aromatic carbocycles. The van der Waals surface area contributed by atoms with Crippen LogP contribution in [0.4, 0.5) is 10.2 Å². The number of aromatic hydroxyl groups is 1. The van der Waals surface area contributed by atoms with Crippen molar-refractivity contribution in [2.75, 3.05) is 11.9 Å². The van der Waals surface area contributed by atoms with Crippen LogP contribution >= 0.6 is 0 Å². The summed E-state index contributed by atoms with van der Waals surface area (Å²) in [5, 5.41) is 13.4. The third-order valence-corrected chi connectivity index (χ3v) is 4.15. The Morgan fingerprint density at radius 3 is 2.73 bits per heavy atom. The van der Waals surface area contributed by atoms with Gasteiger partial charge in [-0.3, -0.25) is 0 Å². The minimum atomic E-state index is -0.325. The van der Waals surface area contributed by atoms with Crippen LogP contribution in [0.15, 0.2) is 54.7 Å². The Morgan fingerprint density at radius 2 is 1.96 bits per heavy atom. The molecule has 0 saturated carbocycles. The zero-order valence-corrected chi connectivity index (χ0v) is 14.5. The lowest BCUT2D eigenvalue weighted by molar-refractivity contribution is 0.477. The van der Waals surface area contributed by atoms with E-state index in [0.29, 0.717) is 34.9 Å². The average molecular weight is 352 g/mol. The second-order valence-electron chi connectivity index (χ2n) is 6.03. The van der Waals surface area contributed by atoms with Gasteiger partial charge in [0.1, 0.15) is 17.4 Å². The van der Waals surface area contributed by atoms with Crippen LogP contribution in [0.25, 0.3) is 22.5 Å². The number of hydrogen-bond acceptors (Lipinski definition) is 5. The molecule has 4 N–H and O–H groups in total. The van der Waals surface area contributed by atoms with Gasteiger partial charge in [0.15, 0.2) is 5.82 Å². The lowest BCUT2D eigenvalue weighted by Crippen LogP contribution is -2.28. The van der Waals surface area contributed by atoms with Gasteiger partial charge in [-0.05, 0) is 36.2 Å². The van der Waals surface area contributed by atoms with Crippen molar-refractivity contribution in [2.45, 2.75) is 19.4 Å². The summed E-state index contributed by atoms with van der Waals surface area (Å²) >= 11 is 0. The second-order valence-corrected chi connectivity index (χ2v) is 6.03. The Hall–Kier alpha value is -2.99. The molecule has 6 heteroatoms. The van der Waals surface area contributed by atoms with Gasteiger partial charge >= 0.3 is 0 Å². The highest BCUT2D eigenvalue weighted by Gasteiger charge is 2.12. The largest absolute Gasteiger partial charge is 0.507 e. The van der Waals surface area contributed by atoms with Crippen molar-refractivity contribution in [2.24, 2.45) is 5.73 Å². The lowest BCUT2D eigenvalue weighted by atomic mass is 10.0. The number of nitrogens with two attached hydrogens (primary N) is 1. The van der Waals surface area contributed by atoms with Crippen LogP contribution in [-0.4, -0.2) is 27.7 Å². The SMILES string of the molecule is CC[C@H](N)CNc1ccnc(-c2cc(-c3ccccc3F)ccc2O)n1. The quantitative estimate of drug-likeness (QED) is 0.628. The number of aromatic nitrogens is 2. The van der Waals surface area contributed by atoms with Crippen LogP contribution < -0.4 is 11.1 Å². The van der Waals surface area contributed by atoms with Crippen LogP contribution in [-0.2, 0) is 0 Å². The number of benzene rings is 2. The Kier molecular flexibility index (Phi) is 5.43. The van der Waals surface area contributed by atoms with E-state index >= 15 is 0 Å². The molecule has 0 bridgehead atoms. The van der Waals surface area contributed by atoms with Gasteiger partial charge in [-0.25, -0.2) is 14.4 Å². The standard InChI is InChI=1S/C20H21FN4O/c1-2-14(22)12-24-19-9-10-23-20(25-19)16-11-13(7-8-18(16)26)15-5-3-4-6-17(15)21/h3-11,14,26H,2,12,22H2,1H3,(H,23,24,25)/t14-/m0/s1. The molecule has 0 spiro atoms. The van der Waals surface area contributed by atoms with Gasteiger partial charge < -0.3 is 16.2 Å². The van der Waals surface area contributed by atoms with Crippen molar-refractivity contribution in [1.82, 2.24) is 9.97 Å². The van der Waals surface area contributed by atoms with E-state index in [1.54, 1.807) is 42.6 Å². The monoisotopic (exact) mass is 352 g/mol. The van der Waals surface area contributed by atoms with Crippen molar-refractivity contribution < 1.29 is 9.50 Å². The molecule has 0 fully saturated rings. The van der Waals surface area contributed by atoms with Gasteiger partial charge in [-0.15, -0.1) is 0 Å². The van der Waals surface area contributed by atoms with Gasteiger partial charge in [-0.2, -0.15) is 0 Å². The van der Waals surface area contributed by atoms with Crippen LogP contribution in [0, 0.1) is 5.82 Å². The number of hydrogen-bond donors (Lipinski definition) is 3. The number of anilines is 1. The molecule has 1 atom stereocenters. The highest BCUT2D eigenvalue weighted by molar-refractivity contribution is 5.75. The summed E-state index contributed by atoms with van der Waals surface area (Å²) in [7, 11) is 0. The first-order valence-corrected chi connectivity index (χ1v) is 8.49. The maximum Gasteiger partial charge on any atom is 0.165 e. The molecule has 0 amide bonds. The average Bonchev–Trinajstić information content (AvgIpc) is 2.67. The lowest BCUT2D eigenvalue weighted by Gasteiger charge is -2.12. The van der Waals surface area contributed by atoms with E-state index in [9.17, 15) is 9.50 Å². The molecule has 0 saturated heterocycles. The number of nitrogens with zero attached hydrogens (tertiary/aromatic N) is 2. The summed E-state index contributed by atoms with van der Waals surface area (Å²) in [6.45, 7) is 2.61. The summed E-state index contributed by atoms with van der Waals surface area (Å²) in [5.74, 6) is 0.687. The first-order chi connectivity index (χ1) is 12.6. The van der Waals surface area contributed by atoms with E-state index < -0.39 is 0 Å². The van der Waals surface area contributed by atoms with E-state index in [1.165, 1.54) is 12.1 Å². The molecular weight excluding hydrogens is 331 g/mol. The smallest absolute Gasteiger partial charge is 0.165 e. The number of phenolic OH excluding ortho intramolecular Hbond substituents is 1. The van der Waals surface area contributed by atoms with Gasteiger partial charge in [0.25, 0.3) is 0 Å². The Morgan fingerprint density at radius 1 is 1.15 bits per heavy atom. The van der Waals surface area contributed by atoms with Gasteiger partial charge in [-0.1, -0.05) is 31.2 Å². The van der Waals surface area contributed by atoms with Gasteiger partial charge in [0.2, 0.25) is 0 Å². The molecule has 3 aromatic rings. The maximum absolute atomic E-state index is 14.1. The van der Waals surface area contributed by atoms with E-state index in [0.717, 1.165) is 6.42 Å². The molecule has 0 aliphatic carbocycles. The van der Waals surface area contributed by atoms with E-state index in [-0.39, 0.29) is 17.6 Å². The fourth-order valence-corrected chi connectivity index (χ4v) is 2.54. The van der Waals surface area contributed by atoms with Gasteiger partial charge in [0, 0.05) is 24.3 Å². The van der Waals surface area contributed by atoms with Crippen LogP contribution in [0.2, 0.25) is 0 Å². The second kappa shape index (κ2) is 7.93. The molecule has 5 nitrogen and oxygen atoms in total. The highest BCUT2D eigenvalue weighted by Crippen LogP contribution is 2.33. The van der Waals surface area contributed by atoms with Crippen molar-refractivity contribution in [3.05, 3.63) is 60.5 Å². The third kappa shape index (κ3) is 3.97. The van der Waals surface area contributed by atoms with Crippen molar-refractivity contribution in [1.29, 1.82) is 0 Å². The summed E-state index contributed by atoms with van der Waals surface area (Å²) in [5.41, 5.74) is 7.45. The Balaban J connectivity index is 1.94. The number of rotatable bonds is 6. The topological polar surface area (TPSA) is 84.1 Å². The van der Waals surface area contributed by atoms with E-state index in [2.05, 4.69) is 15.3 Å². The number of nitrogens with one attached hydrogen (secondary N) is 1. The fraction of sp³-hybridized carbons (Fsp3) is 0.200. The molecule has 3 rings (SSSR count). The van der Waals surface area contributed by atoms with Gasteiger partial charge in [0.05, 0.1) is 5.56 Å². The fourth-order valence-electron chi connectivity index (χ4n) is 2.54. The number of halogens is 1. The molecule has 26 heavy (non-hydrogen) atoms. The summed E-state index contributed by atoms with van der Waals surface area (Å²) < 4.78 is 14.1. The van der Waals surface area contributed by atoms with Crippen molar-refractivity contribution in [3.63, 3.8) is 0 Å². The molecule has 0 aliphatic rings. The predicted octanol–water partition coefficient (Wildman–Crippen LogP) is 3.80. The molecule has 1 heterocycles. The van der Waals surface area contributed by atoms with E-state index in [4.69, 9.17) is 5.73 Å². The molecule has 0 unspecified atom stereocenters. The first kappa shape index (κ1) is 17.8. The van der Waals surface area contributed by atoms with E-state index in [1.807, 2.05) is 6.92 Å². The van der Waals surface area contributed by atoms with Crippen molar-refractivity contribution in [3.8, 4) is 28.3 Å². The predicted molar refractivity (Wildman–Crippen MR) is 101 cm³/mol. The Labute approximate surface area is 151 Å². The summed E-state index contributed by atoms with van der Waals surface area (Å²) in [6.07, 6.45) is 2.47. The third-order valence-electron chi connectivity index (χ3n) is 4.15. The Bertz CT molecular complexity index is 900. The van der Waals surface area contributed by atoms with Crippen LogP contribution in [0.3, 0.4) is 0 Å². The molecule has 1 aromatic heterocycles. The van der Waals surface area contributed by atoms with Crippen molar-refractivity contribution >= 4 is 5.82 Å². The zero-order valence-electron chi connectivity index (χ0n) is 14.5. The maximum atomic E-state index is 14.1. The highest BCUT2D eigenvalue weighted by atomic mass is 19.1. The minimum absolute atomic E-state index is 0.0335. The molecule has 0 aliphatic heterocycles. The molecule has 134 valence electrons. The number of phenols is 1. The summed E-state index contributed by atoms with van der Waals surface area (Å²) in [4.78, 5) is 8.67. The first-order valence-electron chi connectivity index (χ1n) is 8.49. The zero-order chi connectivity index (χ0) is 18.5. The minimum Gasteiger partial charge on any atom is -0.507 e. The van der Waals surface area contributed by atoms with Crippen LogP contribution in [0.1, 0.15) is 13.3 Å².